The molecule has 2 N–H and O–H groups in total. The molecule has 1 heterocycles. The second-order valence-corrected chi connectivity index (χ2v) is 3.06. The van der Waals surface area contributed by atoms with Crippen molar-refractivity contribution >= 4 is 5.69 Å². The number of rotatable bonds is 2. The summed E-state index contributed by atoms with van der Waals surface area (Å²) in [5.41, 5.74) is 7.15. The third-order valence-electron chi connectivity index (χ3n) is 2.06. The van der Waals surface area contributed by atoms with Crippen molar-refractivity contribution < 1.29 is 8.78 Å². The van der Waals surface area contributed by atoms with Crippen LogP contribution in [0.1, 0.15) is 6.55 Å². The minimum atomic E-state index is -2.63. The van der Waals surface area contributed by atoms with Gasteiger partial charge in [0.2, 0.25) is 0 Å². The van der Waals surface area contributed by atoms with Gasteiger partial charge in [0.05, 0.1) is 5.69 Å². The molecule has 0 amide bonds. The normalized spacial score (nSPS) is 10.9. The third kappa shape index (κ3) is 1.81. The SMILES string of the molecule is Nc1ccc(-c2ccnn2C(F)F)cc1. The quantitative estimate of drug-likeness (QED) is 0.772. The molecule has 0 radical (unpaired) electrons. The topological polar surface area (TPSA) is 43.8 Å². The fourth-order valence-corrected chi connectivity index (χ4v) is 1.35. The van der Waals surface area contributed by atoms with E-state index < -0.39 is 6.55 Å². The lowest BCUT2D eigenvalue weighted by molar-refractivity contribution is 0.0585. The maximum atomic E-state index is 12.5. The number of nitrogens with two attached hydrogens (primary N) is 1. The van der Waals surface area contributed by atoms with Gasteiger partial charge >= 0.3 is 6.55 Å². The lowest BCUT2D eigenvalue weighted by Gasteiger charge is -2.05. The molecule has 0 fully saturated rings. The monoisotopic (exact) mass is 209 g/mol. The van der Waals surface area contributed by atoms with Crippen LogP contribution >= 0.6 is 0 Å². The number of benzene rings is 1. The van der Waals surface area contributed by atoms with E-state index in [-0.39, 0.29) is 0 Å². The van der Waals surface area contributed by atoms with Crippen molar-refractivity contribution in [3.8, 4) is 11.3 Å². The van der Waals surface area contributed by atoms with E-state index in [2.05, 4.69) is 5.10 Å². The maximum absolute atomic E-state index is 12.5. The summed E-state index contributed by atoms with van der Waals surface area (Å²) in [6, 6.07) is 8.24. The van der Waals surface area contributed by atoms with E-state index in [0.717, 1.165) is 0 Å². The summed E-state index contributed by atoms with van der Waals surface area (Å²) >= 11 is 0. The van der Waals surface area contributed by atoms with Gasteiger partial charge in [-0.05, 0) is 18.2 Å². The van der Waals surface area contributed by atoms with Gasteiger partial charge in [0, 0.05) is 17.4 Å². The van der Waals surface area contributed by atoms with Crippen molar-refractivity contribution in [3.05, 3.63) is 36.5 Å². The first-order valence-corrected chi connectivity index (χ1v) is 4.36. The largest absolute Gasteiger partial charge is 0.399 e. The van der Waals surface area contributed by atoms with Crippen LogP contribution in [0.5, 0.6) is 0 Å². The van der Waals surface area contributed by atoms with Gasteiger partial charge in [0.25, 0.3) is 0 Å². The van der Waals surface area contributed by atoms with E-state index in [1.165, 1.54) is 12.3 Å². The Morgan fingerprint density at radius 2 is 1.80 bits per heavy atom. The van der Waals surface area contributed by atoms with Gasteiger partial charge in [-0.2, -0.15) is 13.9 Å². The first kappa shape index (κ1) is 9.64. The highest BCUT2D eigenvalue weighted by Gasteiger charge is 2.12. The van der Waals surface area contributed by atoms with E-state index in [1.807, 2.05) is 0 Å². The van der Waals surface area contributed by atoms with Crippen LogP contribution in [-0.2, 0) is 0 Å². The number of hydrogen-bond donors (Lipinski definition) is 1. The van der Waals surface area contributed by atoms with Gasteiger partial charge in [0.15, 0.2) is 0 Å². The second-order valence-electron chi connectivity index (χ2n) is 3.06. The summed E-state index contributed by atoms with van der Waals surface area (Å²) in [5.74, 6) is 0. The van der Waals surface area contributed by atoms with Gasteiger partial charge in [-0.3, -0.25) is 0 Å². The highest BCUT2D eigenvalue weighted by Crippen LogP contribution is 2.23. The van der Waals surface area contributed by atoms with Gasteiger partial charge in [-0.15, -0.1) is 0 Å². The Hall–Kier alpha value is -1.91. The summed E-state index contributed by atoms with van der Waals surface area (Å²) in [5, 5.41) is 3.55. The Balaban J connectivity index is 2.45. The Morgan fingerprint density at radius 3 is 2.40 bits per heavy atom. The molecule has 0 saturated heterocycles. The summed E-state index contributed by atoms with van der Waals surface area (Å²) in [6.45, 7) is -2.63. The minimum Gasteiger partial charge on any atom is -0.399 e. The first-order chi connectivity index (χ1) is 7.18. The molecular weight excluding hydrogens is 200 g/mol. The van der Waals surface area contributed by atoms with Crippen molar-refractivity contribution in [2.24, 2.45) is 0 Å². The Morgan fingerprint density at radius 1 is 1.13 bits per heavy atom. The smallest absolute Gasteiger partial charge is 0.333 e. The predicted octanol–water partition coefficient (Wildman–Crippen LogP) is 2.53. The molecule has 0 aliphatic carbocycles. The van der Waals surface area contributed by atoms with Gasteiger partial charge in [-0.1, -0.05) is 12.1 Å². The lowest BCUT2D eigenvalue weighted by atomic mass is 10.1. The van der Waals surface area contributed by atoms with Crippen molar-refractivity contribution in [2.75, 3.05) is 5.73 Å². The molecule has 2 rings (SSSR count). The number of anilines is 1. The molecule has 1 aromatic carbocycles. The van der Waals surface area contributed by atoms with Crippen LogP contribution in [0, 0.1) is 0 Å². The summed E-state index contributed by atoms with van der Waals surface area (Å²) in [6.07, 6.45) is 1.35. The molecule has 0 bridgehead atoms. The number of nitrogens with zero attached hydrogens (tertiary/aromatic N) is 2. The van der Waals surface area contributed by atoms with Crippen LogP contribution in [0.3, 0.4) is 0 Å². The number of hydrogen-bond acceptors (Lipinski definition) is 2. The third-order valence-corrected chi connectivity index (χ3v) is 2.06. The molecule has 0 aliphatic heterocycles. The Kier molecular flexibility index (Phi) is 2.37. The second kappa shape index (κ2) is 3.68. The van der Waals surface area contributed by atoms with Gasteiger partial charge in [0.1, 0.15) is 0 Å². The van der Waals surface area contributed by atoms with E-state index >= 15 is 0 Å². The van der Waals surface area contributed by atoms with Crippen LogP contribution in [0.4, 0.5) is 14.5 Å². The summed E-state index contributed by atoms with van der Waals surface area (Å²) in [4.78, 5) is 0. The molecular formula is C10H9F2N3. The van der Waals surface area contributed by atoms with Crippen molar-refractivity contribution in [1.29, 1.82) is 0 Å². The van der Waals surface area contributed by atoms with E-state index in [9.17, 15) is 8.78 Å². The molecule has 1 aromatic heterocycles. The number of halogens is 2. The van der Waals surface area contributed by atoms with Crippen LogP contribution < -0.4 is 5.73 Å². The van der Waals surface area contributed by atoms with Gasteiger partial charge in [-0.25, -0.2) is 4.68 Å². The van der Waals surface area contributed by atoms with Crippen LogP contribution in [0.2, 0.25) is 0 Å². The highest BCUT2D eigenvalue weighted by molar-refractivity contribution is 5.62. The van der Waals surface area contributed by atoms with Gasteiger partial charge < -0.3 is 5.73 Å². The van der Waals surface area contributed by atoms with Crippen molar-refractivity contribution in [2.45, 2.75) is 6.55 Å². The predicted molar refractivity (Wildman–Crippen MR) is 53.3 cm³/mol. The zero-order valence-corrected chi connectivity index (χ0v) is 7.77. The average Bonchev–Trinajstić information content (AvgIpc) is 2.67. The van der Waals surface area contributed by atoms with Crippen molar-refractivity contribution in [3.63, 3.8) is 0 Å². The standard InChI is InChI=1S/C10H9F2N3/c11-10(12)15-9(5-6-14-15)7-1-3-8(13)4-2-7/h1-6,10H,13H2. The fraction of sp³-hybridized carbons (Fsp3) is 0.100. The molecule has 0 spiro atoms. The number of alkyl halides is 2. The fourth-order valence-electron chi connectivity index (χ4n) is 1.35. The molecule has 3 nitrogen and oxygen atoms in total. The van der Waals surface area contributed by atoms with Crippen LogP contribution in [-0.4, -0.2) is 9.78 Å². The first-order valence-electron chi connectivity index (χ1n) is 4.36. The van der Waals surface area contributed by atoms with Crippen molar-refractivity contribution in [1.82, 2.24) is 9.78 Å². The number of nitrogen functional groups attached to an aromatic ring is 1. The molecule has 0 atom stereocenters. The van der Waals surface area contributed by atoms with Crippen LogP contribution in [0.25, 0.3) is 11.3 Å². The highest BCUT2D eigenvalue weighted by atomic mass is 19.3. The van der Waals surface area contributed by atoms with E-state index in [4.69, 9.17) is 5.73 Å². The van der Waals surface area contributed by atoms with Crippen LogP contribution in [0.15, 0.2) is 36.5 Å². The Bertz CT molecular complexity index is 448. The van der Waals surface area contributed by atoms with E-state index in [1.54, 1.807) is 24.3 Å². The molecule has 0 saturated carbocycles. The number of aromatic nitrogens is 2. The minimum absolute atomic E-state index is 0.380. The molecule has 15 heavy (non-hydrogen) atoms. The maximum Gasteiger partial charge on any atom is 0.333 e. The molecule has 0 unspecified atom stereocenters. The zero-order chi connectivity index (χ0) is 10.8. The van der Waals surface area contributed by atoms with E-state index in [0.29, 0.717) is 21.6 Å². The lowest BCUT2D eigenvalue weighted by Crippen LogP contribution is -2.02. The molecule has 0 aliphatic rings. The molecule has 2 aromatic rings. The summed E-state index contributed by atoms with van der Waals surface area (Å²) < 4.78 is 25.7. The molecule has 78 valence electrons. The average molecular weight is 209 g/mol. The summed E-state index contributed by atoms with van der Waals surface area (Å²) in [7, 11) is 0. The zero-order valence-electron chi connectivity index (χ0n) is 7.77. The Labute approximate surface area is 85.1 Å². The molecule has 5 heteroatoms.